The lowest BCUT2D eigenvalue weighted by atomic mass is 9.99. The molecule has 17 heavy (non-hydrogen) atoms. The molecule has 1 aromatic carbocycles. The minimum absolute atomic E-state index is 0. The second kappa shape index (κ2) is 5.91. The van der Waals surface area contributed by atoms with E-state index in [2.05, 4.69) is 0 Å². The van der Waals surface area contributed by atoms with Gasteiger partial charge in [-0.15, -0.1) is 12.4 Å². The maximum absolute atomic E-state index is 13.6. The molecule has 3 N–H and O–H groups in total. The SMILES string of the molecule is Cc1ccc(Cl)c([C@H](N)C(F)(F)CO)c1F.Cl. The zero-order valence-electron chi connectivity index (χ0n) is 8.88. The number of aliphatic hydroxyl groups excluding tert-OH is 1. The number of aryl methyl sites for hydroxylation is 1. The topological polar surface area (TPSA) is 46.2 Å². The van der Waals surface area contributed by atoms with Gasteiger partial charge in [0.1, 0.15) is 18.5 Å². The van der Waals surface area contributed by atoms with Gasteiger partial charge in [0.25, 0.3) is 5.92 Å². The van der Waals surface area contributed by atoms with Gasteiger partial charge in [-0.2, -0.15) is 0 Å². The Morgan fingerprint density at radius 3 is 2.47 bits per heavy atom. The highest BCUT2D eigenvalue weighted by molar-refractivity contribution is 6.31. The highest BCUT2D eigenvalue weighted by atomic mass is 35.5. The molecule has 98 valence electrons. The zero-order chi connectivity index (χ0) is 12.5. The van der Waals surface area contributed by atoms with Gasteiger partial charge in [0, 0.05) is 10.6 Å². The Hall–Kier alpha value is -0.490. The number of hydrogen-bond donors (Lipinski definition) is 2. The fraction of sp³-hybridized carbons (Fsp3) is 0.400. The van der Waals surface area contributed by atoms with Crippen molar-refractivity contribution in [3.05, 3.63) is 34.1 Å². The van der Waals surface area contributed by atoms with Crippen LogP contribution in [-0.2, 0) is 0 Å². The summed E-state index contributed by atoms with van der Waals surface area (Å²) in [4.78, 5) is 0. The van der Waals surface area contributed by atoms with Gasteiger partial charge < -0.3 is 10.8 Å². The number of rotatable bonds is 3. The van der Waals surface area contributed by atoms with Crippen LogP contribution in [0, 0.1) is 12.7 Å². The Balaban J connectivity index is 0.00000256. The molecule has 0 fully saturated rings. The average molecular weight is 290 g/mol. The highest BCUT2D eigenvalue weighted by Gasteiger charge is 2.40. The number of aliphatic hydroxyl groups is 1. The van der Waals surface area contributed by atoms with Crippen molar-refractivity contribution in [1.82, 2.24) is 0 Å². The van der Waals surface area contributed by atoms with Crippen molar-refractivity contribution >= 4 is 24.0 Å². The third kappa shape index (κ3) is 3.25. The Kier molecular flexibility index (Phi) is 5.74. The lowest BCUT2D eigenvalue weighted by molar-refractivity contribution is -0.0718. The summed E-state index contributed by atoms with van der Waals surface area (Å²) in [5, 5.41) is 8.30. The van der Waals surface area contributed by atoms with Gasteiger partial charge in [0.2, 0.25) is 0 Å². The quantitative estimate of drug-likeness (QED) is 0.899. The minimum Gasteiger partial charge on any atom is -0.390 e. The summed E-state index contributed by atoms with van der Waals surface area (Å²) in [5.74, 6) is -4.48. The van der Waals surface area contributed by atoms with Gasteiger partial charge >= 0.3 is 0 Å². The van der Waals surface area contributed by atoms with Crippen molar-refractivity contribution in [1.29, 1.82) is 0 Å². The molecule has 1 rings (SSSR count). The Morgan fingerprint density at radius 1 is 1.47 bits per heavy atom. The summed E-state index contributed by atoms with van der Waals surface area (Å²) >= 11 is 5.62. The molecule has 0 bridgehead atoms. The predicted molar refractivity (Wildman–Crippen MR) is 62.4 cm³/mol. The highest BCUT2D eigenvalue weighted by Crippen LogP contribution is 2.35. The van der Waals surface area contributed by atoms with Gasteiger partial charge in [-0.3, -0.25) is 0 Å². The van der Waals surface area contributed by atoms with E-state index in [1.165, 1.54) is 19.1 Å². The normalized spacial score (nSPS) is 13.1. The molecule has 0 aromatic heterocycles. The van der Waals surface area contributed by atoms with E-state index < -0.39 is 30.0 Å². The molecule has 0 aliphatic carbocycles. The fourth-order valence-electron chi connectivity index (χ4n) is 1.27. The molecule has 0 radical (unpaired) electrons. The van der Waals surface area contributed by atoms with Crippen LogP contribution in [-0.4, -0.2) is 17.6 Å². The van der Waals surface area contributed by atoms with Crippen molar-refractivity contribution in [3.8, 4) is 0 Å². The van der Waals surface area contributed by atoms with Gasteiger partial charge in [-0.1, -0.05) is 17.7 Å². The van der Waals surface area contributed by atoms with E-state index in [0.29, 0.717) is 0 Å². The predicted octanol–water partition coefficient (Wildman–Crippen LogP) is 2.84. The maximum Gasteiger partial charge on any atom is 0.289 e. The summed E-state index contributed by atoms with van der Waals surface area (Å²) in [5.41, 5.74) is 4.92. The Labute approximate surface area is 108 Å². The molecule has 0 heterocycles. The second-order valence-corrected chi connectivity index (χ2v) is 3.90. The standard InChI is InChI=1S/C10H11ClF3NO.ClH/c1-5-2-3-6(11)7(8(5)12)9(15)10(13,14)4-16;/h2-3,9,16H,4,15H2,1H3;1H/t9-;/m0./s1. The monoisotopic (exact) mass is 289 g/mol. The summed E-state index contributed by atoms with van der Waals surface area (Å²) < 4.78 is 39.8. The van der Waals surface area contributed by atoms with Gasteiger partial charge in [-0.25, -0.2) is 13.2 Å². The van der Waals surface area contributed by atoms with Crippen LogP contribution in [0.3, 0.4) is 0 Å². The maximum atomic E-state index is 13.6. The van der Waals surface area contributed by atoms with Crippen LogP contribution >= 0.6 is 24.0 Å². The molecule has 0 saturated heterocycles. The zero-order valence-corrected chi connectivity index (χ0v) is 10.5. The molecule has 0 saturated carbocycles. The lowest BCUT2D eigenvalue weighted by Crippen LogP contribution is -2.37. The molecule has 1 atom stereocenters. The first kappa shape index (κ1) is 16.5. The van der Waals surface area contributed by atoms with Crippen molar-refractivity contribution < 1.29 is 18.3 Å². The second-order valence-electron chi connectivity index (χ2n) is 3.49. The molecule has 7 heteroatoms. The Bertz CT molecular complexity index is 401. The van der Waals surface area contributed by atoms with Crippen LogP contribution in [0.2, 0.25) is 5.02 Å². The molecular weight excluding hydrogens is 278 g/mol. The fourth-order valence-corrected chi connectivity index (χ4v) is 1.54. The van der Waals surface area contributed by atoms with Crippen LogP contribution in [0.15, 0.2) is 12.1 Å². The smallest absolute Gasteiger partial charge is 0.289 e. The molecule has 0 spiro atoms. The average Bonchev–Trinajstić information content (AvgIpc) is 2.24. The molecular formula is C10H12Cl2F3NO. The van der Waals surface area contributed by atoms with E-state index >= 15 is 0 Å². The molecule has 1 aromatic rings. The number of benzene rings is 1. The molecule has 0 aliphatic heterocycles. The number of alkyl halides is 2. The van der Waals surface area contributed by atoms with Crippen LogP contribution in [0.5, 0.6) is 0 Å². The first-order valence-corrected chi connectivity index (χ1v) is 4.88. The third-order valence-electron chi connectivity index (χ3n) is 2.30. The van der Waals surface area contributed by atoms with Crippen molar-refractivity contribution in [2.75, 3.05) is 6.61 Å². The third-order valence-corrected chi connectivity index (χ3v) is 2.63. The van der Waals surface area contributed by atoms with Gasteiger partial charge in [-0.05, 0) is 18.6 Å². The molecule has 0 unspecified atom stereocenters. The van der Waals surface area contributed by atoms with Crippen LogP contribution < -0.4 is 5.73 Å². The number of hydrogen-bond acceptors (Lipinski definition) is 2. The van der Waals surface area contributed by atoms with Gasteiger partial charge in [0.15, 0.2) is 0 Å². The largest absolute Gasteiger partial charge is 0.390 e. The van der Waals surface area contributed by atoms with Crippen molar-refractivity contribution in [2.24, 2.45) is 5.73 Å². The van der Waals surface area contributed by atoms with E-state index in [9.17, 15) is 13.2 Å². The van der Waals surface area contributed by atoms with Gasteiger partial charge in [0.05, 0.1) is 0 Å². The summed E-state index contributed by atoms with van der Waals surface area (Å²) in [6.07, 6.45) is 0. The van der Waals surface area contributed by atoms with E-state index in [1.54, 1.807) is 0 Å². The van der Waals surface area contributed by atoms with Crippen molar-refractivity contribution in [2.45, 2.75) is 18.9 Å². The first-order chi connectivity index (χ1) is 7.31. The number of halogens is 5. The summed E-state index contributed by atoms with van der Waals surface area (Å²) in [7, 11) is 0. The Morgan fingerprint density at radius 2 is 2.00 bits per heavy atom. The van der Waals surface area contributed by atoms with E-state index in [0.717, 1.165) is 0 Å². The minimum atomic E-state index is -3.61. The van der Waals surface area contributed by atoms with E-state index in [4.69, 9.17) is 22.4 Å². The van der Waals surface area contributed by atoms with Crippen LogP contribution in [0.4, 0.5) is 13.2 Å². The lowest BCUT2D eigenvalue weighted by Gasteiger charge is -2.23. The molecule has 0 amide bonds. The van der Waals surface area contributed by atoms with Crippen molar-refractivity contribution in [3.63, 3.8) is 0 Å². The molecule has 0 aliphatic rings. The molecule has 2 nitrogen and oxygen atoms in total. The van der Waals surface area contributed by atoms with Crippen LogP contribution in [0.25, 0.3) is 0 Å². The summed E-state index contributed by atoms with van der Waals surface area (Å²) in [6.45, 7) is -0.0448. The van der Waals surface area contributed by atoms with E-state index in [1.807, 2.05) is 0 Å². The summed E-state index contributed by atoms with van der Waals surface area (Å²) in [6, 6.07) is 0.693. The first-order valence-electron chi connectivity index (χ1n) is 4.50. The van der Waals surface area contributed by atoms with Crippen LogP contribution in [0.1, 0.15) is 17.2 Å². The number of nitrogens with two attached hydrogens (primary N) is 1. The van der Waals surface area contributed by atoms with E-state index in [-0.39, 0.29) is 23.0 Å².